The highest BCUT2D eigenvalue weighted by Crippen LogP contribution is 2.35. The molecule has 1 nitrogen and oxygen atoms in total. The molecule has 3 rings (SSSR count). The molecule has 0 aromatic heterocycles. The number of allylic oxidation sites excluding steroid dienone is 1. The zero-order valence-electron chi connectivity index (χ0n) is 10.7. The molecule has 3 heteroatoms. The van der Waals surface area contributed by atoms with Crippen molar-refractivity contribution >= 4 is 23.5 Å². The van der Waals surface area contributed by atoms with Crippen molar-refractivity contribution in [3.05, 3.63) is 75.6 Å². The van der Waals surface area contributed by atoms with Crippen molar-refractivity contribution in [3.63, 3.8) is 0 Å². The van der Waals surface area contributed by atoms with Crippen molar-refractivity contribution in [1.29, 1.82) is 0 Å². The quantitative estimate of drug-likeness (QED) is 0.733. The number of hydrogen-bond acceptors (Lipinski definition) is 1. The van der Waals surface area contributed by atoms with E-state index in [1.807, 2.05) is 18.2 Å². The van der Waals surface area contributed by atoms with Crippen LogP contribution in [0.4, 0.5) is 4.39 Å². The fourth-order valence-electron chi connectivity index (χ4n) is 2.58. The van der Waals surface area contributed by atoms with E-state index >= 15 is 0 Å². The summed E-state index contributed by atoms with van der Waals surface area (Å²) in [5, 5.41) is 0.516. The van der Waals surface area contributed by atoms with Gasteiger partial charge in [-0.05, 0) is 53.8 Å². The largest absolute Gasteiger partial charge is 0.298 e. The molecule has 0 saturated heterocycles. The number of benzene rings is 2. The van der Waals surface area contributed by atoms with Gasteiger partial charge in [0.1, 0.15) is 12.1 Å². The number of aldehydes is 1. The van der Waals surface area contributed by atoms with Gasteiger partial charge < -0.3 is 0 Å². The van der Waals surface area contributed by atoms with Crippen LogP contribution in [0.3, 0.4) is 0 Å². The first-order chi connectivity index (χ1) is 9.69. The fourth-order valence-corrected chi connectivity index (χ4v) is 2.80. The van der Waals surface area contributed by atoms with Gasteiger partial charge in [0.05, 0.1) is 0 Å². The summed E-state index contributed by atoms with van der Waals surface area (Å²) in [5.41, 5.74) is 4.32. The highest BCUT2D eigenvalue weighted by atomic mass is 35.5. The Balaban J connectivity index is 2.19. The van der Waals surface area contributed by atoms with Crippen LogP contribution in [-0.2, 0) is 6.42 Å². The maximum absolute atomic E-state index is 13.5. The topological polar surface area (TPSA) is 17.1 Å². The summed E-state index contributed by atoms with van der Waals surface area (Å²) < 4.78 is 13.5. The van der Waals surface area contributed by atoms with E-state index in [2.05, 4.69) is 6.08 Å². The van der Waals surface area contributed by atoms with Crippen LogP contribution in [0, 0.1) is 5.82 Å². The maximum Gasteiger partial charge on any atom is 0.150 e. The minimum Gasteiger partial charge on any atom is -0.298 e. The predicted octanol–water partition coefficient (Wildman–Crippen LogP) is 4.67. The van der Waals surface area contributed by atoms with Crippen LogP contribution in [0.25, 0.3) is 5.57 Å². The van der Waals surface area contributed by atoms with E-state index in [4.69, 9.17) is 11.6 Å². The summed E-state index contributed by atoms with van der Waals surface area (Å²) in [6.07, 6.45) is 4.68. The summed E-state index contributed by atoms with van der Waals surface area (Å²) in [7, 11) is 0. The highest BCUT2D eigenvalue weighted by Gasteiger charge is 2.17. The molecule has 0 heterocycles. The maximum atomic E-state index is 13.5. The molecular formula is C17H12ClFO. The van der Waals surface area contributed by atoms with Crippen molar-refractivity contribution in [2.75, 3.05) is 0 Å². The second-order valence-corrected chi connectivity index (χ2v) is 5.22. The van der Waals surface area contributed by atoms with E-state index in [-0.39, 0.29) is 5.82 Å². The van der Waals surface area contributed by atoms with E-state index in [1.165, 1.54) is 12.1 Å². The van der Waals surface area contributed by atoms with Crippen LogP contribution in [0.1, 0.15) is 33.5 Å². The lowest BCUT2D eigenvalue weighted by Crippen LogP contribution is -2.03. The van der Waals surface area contributed by atoms with Gasteiger partial charge >= 0.3 is 0 Å². The first kappa shape index (κ1) is 13.1. The van der Waals surface area contributed by atoms with Crippen molar-refractivity contribution in [3.8, 4) is 0 Å². The Morgan fingerprint density at radius 3 is 2.75 bits per heavy atom. The van der Waals surface area contributed by atoms with E-state index in [0.717, 1.165) is 35.8 Å². The van der Waals surface area contributed by atoms with Gasteiger partial charge in [0, 0.05) is 16.1 Å². The molecule has 0 aliphatic heterocycles. The van der Waals surface area contributed by atoms with Crippen LogP contribution in [0.15, 0.2) is 42.5 Å². The lowest BCUT2D eigenvalue weighted by atomic mass is 9.86. The molecule has 1 aliphatic carbocycles. The second kappa shape index (κ2) is 5.22. The molecule has 0 bridgehead atoms. The van der Waals surface area contributed by atoms with Crippen molar-refractivity contribution in [2.45, 2.75) is 12.8 Å². The van der Waals surface area contributed by atoms with E-state index in [9.17, 15) is 9.18 Å². The van der Waals surface area contributed by atoms with Gasteiger partial charge in [0.2, 0.25) is 0 Å². The van der Waals surface area contributed by atoms with Gasteiger partial charge in [-0.3, -0.25) is 4.79 Å². The van der Waals surface area contributed by atoms with Crippen molar-refractivity contribution < 1.29 is 9.18 Å². The Morgan fingerprint density at radius 2 is 1.95 bits per heavy atom. The minimum atomic E-state index is -0.316. The number of carbonyl (C=O) groups is 1. The molecule has 1 aliphatic rings. The molecule has 0 N–H and O–H groups in total. The first-order valence-corrected chi connectivity index (χ1v) is 6.81. The molecule has 2 aromatic carbocycles. The molecule has 20 heavy (non-hydrogen) atoms. The van der Waals surface area contributed by atoms with E-state index < -0.39 is 0 Å². The predicted molar refractivity (Wildman–Crippen MR) is 78.6 cm³/mol. The molecule has 0 unspecified atom stereocenters. The van der Waals surface area contributed by atoms with Gasteiger partial charge in [-0.2, -0.15) is 0 Å². The van der Waals surface area contributed by atoms with Gasteiger partial charge in [0.15, 0.2) is 0 Å². The minimum absolute atomic E-state index is 0.316. The van der Waals surface area contributed by atoms with Gasteiger partial charge in [0.25, 0.3) is 0 Å². The smallest absolute Gasteiger partial charge is 0.150 e. The standard InChI is InChI=1S/C17H12ClFO/c18-17-7-6-13(19)9-16(17)14-3-1-2-12-5-4-11(10-20)8-15(12)14/h3-10H,1-2H2. The van der Waals surface area contributed by atoms with Crippen LogP contribution < -0.4 is 0 Å². The average Bonchev–Trinajstić information content (AvgIpc) is 2.48. The monoisotopic (exact) mass is 286 g/mol. The summed E-state index contributed by atoms with van der Waals surface area (Å²) in [6, 6.07) is 9.95. The molecule has 100 valence electrons. The third kappa shape index (κ3) is 2.27. The number of hydrogen-bond donors (Lipinski definition) is 0. The highest BCUT2D eigenvalue weighted by molar-refractivity contribution is 6.32. The van der Waals surface area contributed by atoms with Crippen LogP contribution in [0.2, 0.25) is 5.02 Å². The lowest BCUT2D eigenvalue weighted by Gasteiger charge is -2.19. The number of aryl methyl sites for hydroxylation is 1. The van der Waals surface area contributed by atoms with Gasteiger partial charge in [-0.1, -0.05) is 29.8 Å². The van der Waals surface area contributed by atoms with Crippen molar-refractivity contribution in [1.82, 2.24) is 0 Å². The molecule has 2 aromatic rings. The molecule has 0 amide bonds. The Morgan fingerprint density at radius 1 is 1.10 bits per heavy atom. The summed E-state index contributed by atoms with van der Waals surface area (Å²) >= 11 is 6.19. The number of fused-ring (bicyclic) bond motifs is 1. The Bertz CT molecular complexity index is 719. The molecule has 0 atom stereocenters. The SMILES string of the molecule is O=Cc1ccc2c(c1)C(c1cc(F)ccc1Cl)=CCC2. The zero-order valence-corrected chi connectivity index (χ0v) is 11.5. The first-order valence-electron chi connectivity index (χ1n) is 6.43. The Hall–Kier alpha value is -1.93. The average molecular weight is 287 g/mol. The van der Waals surface area contributed by atoms with Crippen molar-refractivity contribution in [2.24, 2.45) is 0 Å². The van der Waals surface area contributed by atoms with Crippen LogP contribution >= 0.6 is 11.6 Å². The lowest BCUT2D eigenvalue weighted by molar-refractivity contribution is 0.112. The summed E-state index contributed by atoms with van der Waals surface area (Å²) in [4.78, 5) is 11.0. The third-order valence-corrected chi connectivity index (χ3v) is 3.87. The number of rotatable bonds is 2. The van der Waals surface area contributed by atoms with Gasteiger partial charge in [-0.15, -0.1) is 0 Å². The van der Waals surface area contributed by atoms with Crippen LogP contribution in [-0.4, -0.2) is 6.29 Å². The van der Waals surface area contributed by atoms with Crippen LogP contribution in [0.5, 0.6) is 0 Å². The zero-order chi connectivity index (χ0) is 14.1. The Kier molecular flexibility index (Phi) is 3.41. The molecular weight excluding hydrogens is 275 g/mol. The van der Waals surface area contributed by atoms with E-state index in [0.29, 0.717) is 16.1 Å². The van der Waals surface area contributed by atoms with Gasteiger partial charge in [-0.25, -0.2) is 4.39 Å². The third-order valence-electron chi connectivity index (χ3n) is 3.54. The van der Waals surface area contributed by atoms with E-state index in [1.54, 1.807) is 6.07 Å². The second-order valence-electron chi connectivity index (χ2n) is 4.82. The molecule has 0 saturated carbocycles. The number of carbonyl (C=O) groups excluding carboxylic acids is 1. The molecule has 0 fully saturated rings. The summed E-state index contributed by atoms with van der Waals surface area (Å²) in [6.45, 7) is 0. The fraction of sp³-hybridized carbons (Fsp3) is 0.118. The molecule has 0 spiro atoms. The Labute approximate surface area is 121 Å². The normalized spacial score (nSPS) is 13.6. The number of halogens is 2. The summed E-state index contributed by atoms with van der Waals surface area (Å²) in [5.74, 6) is -0.316. The molecule has 0 radical (unpaired) electrons.